The second kappa shape index (κ2) is 7.09. The predicted octanol–water partition coefficient (Wildman–Crippen LogP) is 3.71. The minimum atomic E-state index is -3.60. The van der Waals surface area contributed by atoms with Crippen LogP contribution in [0.5, 0.6) is 5.75 Å². The highest BCUT2D eigenvalue weighted by atomic mass is 35.5. The largest absolute Gasteiger partial charge is 0.490 e. The summed E-state index contributed by atoms with van der Waals surface area (Å²) in [5.41, 5.74) is 0. The zero-order valence-corrected chi connectivity index (χ0v) is 14.4. The third kappa shape index (κ3) is 3.71. The fraction of sp³-hybridized carbons (Fsp3) is 0.294. The van der Waals surface area contributed by atoms with Crippen LogP contribution in [0.25, 0.3) is 0 Å². The van der Waals surface area contributed by atoms with Crippen molar-refractivity contribution in [3.05, 3.63) is 59.4 Å². The molecule has 4 nitrogen and oxygen atoms in total. The van der Waals surface area contributed by atoms with E-state index in [1.165, 1.54) is 22.5 Å². The molecule has 1 aliphatic rings. The van der Waals surface area contributed by atoms with Gasteiger partial charge in [0.25, 0.3) is 0 Å². The number of sulfonamides is 1. The predicted molar refractivity (Wildman–Crippen MR) is 90.3 cm³/mol. The van der Waals surface area contributed by atoms with Gasteiger partial charge in [-0.05, 0) is 49.2 Å². The molecule has 1 fully saturated rings. The maximum absolute atomic E-state index is 12.9. The van der Waals surface area contributed by atoms with E-state index in [-0.39, 0.29) is 21.8 Å². The highest BCUT2D eigenvalue weighted by Gasteiger charge is 2.31. The van der Waals surface area contributed by atoms with Gasteiger partial charge in [0.2, 0.25) is 10.0 Å². The Morgan fingerprint density at radius 1 is 1.04 bits per heavy atom. The number of rotatable bonds is 4. The molecule has 1 aliphatic heterocycles. The number of benzene rings is 2. The van der Waals surface area contributed by atoms with Crippen LogP contribution in [-0.2, 0) is 10.0 Å². The molecule has 128 valence electrons. The van der Waals surface area contributed by atoms with Gasteiger partial charge in [-0.3, -0.25) is 0 Å². The molecule has 0 spiro atoms. The van der Waals surface area contributed by atoms with E-state index in [4.69, 9.17) is 16.3 Å². The third-order valence-corrected chi connectivity index (χ3v) is 6.37. The minimum Gasteiger partial charge on any atom is -0.490 e. The summed E-state index contributed by atoms with van der Waals surface area (Å²) in [6, 6.07) is 12.3. The van der Waals surface area contributed by atoms with E-state index in [9.17, 15) is 12.8 Å². The zero-order chi connectivity index (χ0) is 17.2. The number of halogens is 2. The summed E-state index contributed by atoms with van der Waals surface area (Å²) < 4.78 is 45.5. The van der Waals surface area contributed by atoms with Crippen LogP contribution in [0, 0.1) is 5.82 Å². The molecule has 24 heavy (non-hydrogen) atoms. The fourth-order valence-corrected chi connectivity index (χ4v) is 4.65. The summed E-state index contributed by atoms with van der Waals surface area (Å²) in [6.45, 7) is 0.721. The third-order valence-electron chi connectivity index (χ3n) is 3.97. The van der Waals surface area contributed by atoms with Gasteiger partial charge in [0, 0.05) is 13.1 Å². The Bertz CT molecular complexity index is 803. The van der Waals surface area contributed by atoms with Gasteiger partial charge in [0.1, 0.15) is 22.6 Å². The van der Waals surface area contributed by atoms with Crippen molar-refractivity contribution in [3.8, 4) is 5.75 Å². The number of hydrogen-bond donors (Lipinski definition) is 0. The van der Waals surface area contributed by atoms with Crippen LogP contribution in [0.3, 0.4) is 0 Å². The van der Waals surface area contributed by atoms with Gasteiger partial charge in [0.05, 0.1) is 5.02 Å². The van der Waals surface area contributed by atoms with Gasteiger partial charge in [-0.15, -0.1) is 0 Å². The fourth-order valence-electron chi connectivity index (χ4n) is 2.69. The lowest BCUT2D eigenvalue weighted by Gasteiger charge is -2.31. The summed E-state index contributed by atoms with van der Waals surface area (Å²) in [7, 11) is -3.60. The van der Waals surface area contributed by atoms with Crippen molar-refractivity contribution < 1.29 is 17.5 Å². The van der Waals surface area contributed by atoms with E-state index >= 15 is 0 Å². The first-order chi connectivity index (χ1) is 11.5. The summed E-state index contributed by atoms with van der Waals surface area (Å²) in [4.78, 5) is 0.129. The smallest absolute Gasteiger partial charge is 0.244 e. The molecular weight excluding hydrogens is 353 g/mol. The topological polar surface area (TPSA) is 46.6 Å². The van der Waals surface area contributed by atoms with E-state index in [0.29, 0.717) is 31.7 Å². The number of nitrogens with zero attached hydrogens (tertiary/aromatic N) is 1. The van der Waals surface area contributed by atoms with Crippen molar-refractivity contribution in [1.82, 2.24) is 4.31 Å². The Kier molecular flexibility index (Phi) is 5.08. The van der Waals surface area contributed by atoms with Gasteiger partial charge in [-0.25, -0.2) is 12.8 Å². The second-order valence-electron chi connectivity index (χ2n) is 5.61. The Labute approximate surface area is 145 Å². The van der Waals surface area contributed by atoms with Crippen molar-refractivity contribution in [1.29, 1.82) is 0 Å². The number of piperidine rings is 1. The molecule has 0 atom stereocenters. The molecule has 0 radical (unpaired) electrons. The molecule has 2 aromatic carbocycles. The number of ether oxygens (including phenoxy) is 1. The Hall–Kier alpha value is -1.63. The second-order valence-corrected chi connectivity index (χ2v) is 7.92. The van der Waals surface area contributed by atoms with Crippen molar-refractivity contribution in [2.24, 2.45) is 0 Å². The van der Waals surface area contributed by atoms with Crippen molar-refractivity contribution in [2.45, 2.75) is 23.8 Å². The van der Waals surface area contributed by atoms with E-state index in [1.54, 1.807) is 30.3 Å². The summed E-state index contributed by atoms with van der Waals surface area (Å²) in [6.07, 6.45) is 1.05. The molecule has 7 heteroatoms. The molecule has 0 N–H and O–H groups in total. The lowest BCUT2D eigenvalue weighted by Crippen LogP contribution is -2.41. The molecular formula is C17H17ClFNO3S. The molecule has 1 saturated heterocycles. The molecule has 2 aromatic rings. The Morgan fingerprint density at radius 2 is 1.67 bits per heavy atom. The van der Waals surface area contributed by atoms with E-state index in [0.717, 1.165) is 0 Å². The molecule has 3 rings (SSSR count). The van der Waals surface area contributed by atoms with Gasteiger partial charge in [-0.1, -0.05) is 23.7 Å². The average molecular weight is 370 g/mol. The molecule has 0 aliphatic carbocycles. The van der Waals surface area contributed by atoms with E-state index in [1.807, 2.05) is 0 Å². The van der Waals surface area contributed by atoms with E-state index < -0.39 is 10.0 Å². The molecule has 0 aromatic heterocycles. The zero-order valence-electron chi connectivity index (χ0n) is 12.9. The van der Waals surface area contributed by atoms with Crippen LogP contribution in [0.2, 0.25) is 5.02 Å². The summed E-state index contributed by atoms with van der Waals surface area (Å²) in [5, 5.41) is 0.224. The minimum absolute atomic E-state index is 0.0897. The molecule has 1 heterocycles. The maximum atomic E-state index is 12.9. The lowest BCUT2D eigenvalue weighted by atomic mass is 10.1. The molecule has 0 amide bonds. The van der Waals surface area contributed by atoms with Crippen molar-refractivity contribution >= 4 is 21.6 Å². The molecule has 0 bridgehead atoms. The standard InChI is InChI=1S/C17H17ClFNO3S/c18-16-3-1-2-4-17(16)24(21,22)20-11-9-15(10-12-20)23-14-7-5-13(19)6-8-14/h1-8,15H,9-12H2. The van der Waals surface area contributed by atoms with Crippen LogP contribution in [0.4, 0.5) is 4.39 Å². The Morgan fingerprint density at radius 3 is 2.29 bits per heavy atom. The lowest BCUT2D eigenvalue weighted by molar-refractivity contribution is 0.135. The highest BCUT2D eigenvalue weighted by molar-refractivity contribution is 7.89. The van der Waals surface area contributed by atoms with Crippen molar-refractivity contribution in [2.75, 3.05) is 13.1 Å². The van der Waals surface area contributed by atoms with Crippen LogP contribution >= 0.6 is 11.6 Å². The Balaban J connectivity index is 1.64. The maximum Gasteiger partial charge on any atom is 0.244 e. The van der Waals surface area contributed by atoms with Gasteiger partial charge in [-0.2, -0.15) is 4.31 Å². The highest BCUT2D eigenvalue weighted by Crippen LogP contribution is 2.27. The summed E-state index contributed by atoms with van der Waals surface area (Å²) in [5.74, 6) is 0.270. The van der Waals surface area contributed by atoms with Crippen LogP contribution in [0.15, 0.2) is 53.4 Å². The normalized spacial score (nSPS) is 16.9. The first-order valence-electron chi connectivity index (χ1n) is 7.64. The first-order valence-corrected chi connectivity index (χ1v) is 9.45. The van der Waals surface area contributed by atoms with Crippen LogP contribution < -0.4 is 4.74 Å². The van der Waals surface area contributed by atoms with Gasteiger partial charge in [0.15, 0.2) is 0 Å². The number of hydrogen-bond acceptors (Lipinski definition) is 3. The van der Waals surface area contributed by atoms with Gasteiger partial charge < -0.3 is 4.74 Å². The quantitative estimate of drug-likeness (QED) is 0.825. The average Bonchev–Trinajstić information content (AvgIpc) is 2.58. The van der Waals surface area contributed by atoms with Crippen molar-refractivity contribution in [3.63, 3.8) is 0 Å². The summed E-state index contributed by atoms with van der Waals surface area (Å²) >= 11 is 6.02. The van der Waals surface area contributed by atoms with Crippen LogP contribution in [0.1, 0.15) is 12.8 Å². The molecule has 0 unspecified atom stereocenters. The van der Waals surface area contributed by atoms with E-state index in [2.05, 4.69) is 0 Å². The van der Waals surface area contributed by atoms with Crippen LogP contribution in [-0.4, -0.2) is 31.9 Å². The monoisotopic (exact) mass is 369 g/mol. The first kappa shape index (κ1) is 17.2. The molecule has 0 saturated carbocycles. The SMILES string of the molecule is O=S(=O)(c1ccccc1Cl)N1CCC(Oc2ccc(F)cc2)CC1. The van der Waals surface area contributed by atoms with Gasteiger partial charge >= 0.3 is 0 Å².